The number of amides is 2. The number of anilines is 1. The predicted molar refractivity (Wildman–Crippen MR) is 117 cm³/mol. The molecule has 1 saturated heterocycles. The van der Waals surface area contributed by atoms with Crippen LogP contribution in [0.2, 0.25) is 0 Å². The Morgan fingerprint density at radius 3 is 2.90 bits per heavy atom. The zero-order chi connectivity index (χ0) is 21.8. The minimum absolute atomic E-state index is 0.0380. The van der Waals surface area contributed by atoms with Gasteiger partial charge in [0.2, 0.25) is 11.8 Å². The molecule has 1 aliphatic rings. The van der Waals surface area contributed by atoms with Crippen LogP contribution in [0.1, 0.15) is 30.5 Å². The number of nitrogens with one attached hydrogen (secondary N) is 3. The van der Waals surface area contributed by atoms with Crippen LogP contribution >= 0.6 is 0 Å². The van der Waals surface area contributed by atoms with Crippen LogP contribution < -0.4 is 15.4 Å². The molecule has 1 fully saturated rings. The van der Waals surface area contributed by atoms with E-state index in [2.05, 4.69) is 20.8 Å². The number of carbonyl (C=O) groups excluding carboxylic acids is 2. The Bertz CT molecular complexity index is 1100. The summed E-state index contributed by atoms with van der Waals surface area (Å²) < 4.78 is 5.40. The van der Waals surface area contributed by atoms with Gasteiger partial charge in [-0.1, -0.05) is 18.2 Å². The highest BCUT2D eigenvalue weighted by atomic mass is 16.5. The van der Waals surface area contributed by atoms with E-state index in [0.717, 1.165) is 34.6 Å². The molecule has 2 aromatic heterocycles. The molecule has 0 bridgehead atoms. The molecule has 9 heteroatoms. The number of ether oxygens (including phenoxy) is 1. The number of carbonyl (C=O) groups is 2. The molecule has 0 saturated carbocycles. The molecule has 3 aromatic rings. The molecule has 0 unspecified atom stereocenters. The van der Waals surface area contributed by atoms with Crippen molar-refractivity contribution in [3.63, 3.8) is 0 Å². The van der Waals surface area contributed by atoms with Crippen LogP contribution in [0.15, 0.2) is 36.4 Å². The summed E-state index contributed by atoms with van der Waals surface area (Å²) in [4.78, 5) is 29.8. The van der Waals surface area contributed by atoms with Crippen LogP contribution in [-0.2, 0) is 16.1 Å². The second-order valence-corrected chi connectivity index (χ2v) is 7.60. The number of benzene rings is 1. The number of likely N-dealkylation sites (tertiary alicyclic amines) is 1. The fraction of sp³-hybridized carbons (Fsp3) is 0.364. The maximum absolute atomic E-state index is 12.2. The fourth-order valence-corrected chi connectivity index (χ4v) is 3.85. The summed E-state index contributed by atoms with van der Waals surface area (Å²) in [6.07, 6.45) is 0.845. The minimum Gasteiger partial charge on any atom is -0.496 e. The minimum atomic E-state index is -0.203. The van der Waals surface area contributed by atoms with E-state index in [4.69, 9.17) is 9.72 Å². The molecule has 1 atom stereocenters. The summed E-state index contributed by atoms with van der Waals surface area (Å²) in [5, 5.41) is 14.2. The summed E-state index contributed by atoms with van der Waals surface area (Å²) in [5.74, 6) is 1.46. The lowest BCUT2D eigenvalue weighted by Gasteiger charge is -2.16. The topological polar surface area (TPSA) is 112 Å². The number of hydrogen-bond donors (Lipinski definition) is 3. The van der Waals surface area contributed by atoms with Gasteiger partial charge >= 0.3 is 0 Å². The third-order valence-corrected chi connectivity index (χ3v) is 5.53. The van der Waals surface area contributed by atoms with E-state index in [9.17, 15) is 9.59 Å². The van der Waals surface area contributed by atoms with E-state index in [1.165, 1.54) is 6.92 Å². The van der Waals surface area contributed by atoms with Crippen LogP contribution in [-0.4, -0.2) is 58.6 Å². The van der Waals surface area contributed by atoms with E-state index in [1.54, 1.807) is 12.0 Å². The van der Waals surface area contributed by atoms with Crippen LogP contribution in [0.5, 0.6) is 5.75 Å². The number of aromatic nitrogens is 3. The summed E-state index contributed by atoms with van der Waals surface area (Å²) in [6, 6.07) is 11.9. The second kappa shape index (κ2) is 9.03. The van der Waals surface area contributed by atoms with Crippen LogP contribution in [0.4, 0.5) is 5.82 Å². The number of pyridine rings is 1. The van der Waals surface area contributed by atoms with Gasteiger partial charge in [0.25, 0.3) is 0 Å². The van der Waals surface area contributed by atoms with Gasteiger partial charge in [-0.3, -0.25) is 14.7 Å². The first kappa shape index (κ1) is 20.6. The Balaban J connectivity index is 1.42. The van der Waals surface area contributed by atoms with E-state index in [-0.39, 0.29) is 24.3 Å². The highest BCUT2D eigenvalue weighted by molar-refractivity contribution is 5.87. The number of nitrogens with zero attached hydrogens (tertiary/aromatic N) is 3. The number of aromatic amines is 1. The summed E-state index contributed by atoms with van der Waals surface area (Å²) in [5.41, 5.74) is 2.69. The molecule has 0 radical (unpaired) electrons. The average Bonchev–Trinajstić information content (AvgIpc) is 3.43. The van der Waals surface area contributed by atoms with E-state index < -0.39 is 0 Å². The zero-order valence-electron chi connectivity index (χ0n) is 17.6. The number of methoxy groups -OCH3 is 1. The highest BCUT2D eigenvalue weighted by Gasteiger charge is 2.28. The van der Waals surface area contributed by atoms with Gasteiger partial charge in [-0.2, -0.15) is 5.10 Å². The summed E-state index contributed by atoms with van der Waals surface area (Å²) in [7, 11) is 1.66. The maximum atomic E-state index is 12.2. The molecule has 162 valence electrons. The van der Waals surface area contributed by atoms with Crippen molar-refractivity contribution in [2.45, 2.75) is 25.8 Å². The Morgan fingerprint density at radius 1 is 1.26 bits per heavy atom. The SMILES string of the molecule is COc1ccccc1CNc1n[nH]c2nc([C@H]3CCN(C(=O)CNC(C)=O)C3)ccc12. The Labute approximate surface area is 180 Å². The molecule has 2 amide bonds. The largest absolute Gasteiger partial charge is 0.496 e. The highest BCUT2D eigenvalue weighted by Crippen LogP contribution is 2.29. The molecule has 9 nitrogen and oxygen atoms in total. The molecule has 0 aliphatic carbocycles. The summed E-state index contributed by atoms with van der Waals surface area (Å²) in [6.45, 7) is 3.29. The van der Waals surface area contributed by atoms with Crippen molar-refractivity contribution >= 4 is 28.7 Å². The molecular formula is C22H26N6O3. The Hall–Kier alpha value is -3.62. The van der Waals surface area contributed by atoms with Crippen LogP contribution in [0.3, 0.4) is 0 Å². The van der Waals surface area contributed by atoms with E-state index in [0.29, 0.717) is 25.3 Å². The monoisotopic (exact) mass is 422 g/mol. The van der Waals surface area contributed by atoms with E-state index >= 15 is 0 Å². The first-order chi connectivity index (χ1) is 15.0. The maximum Gasteiger partial charge on any atom is 0.241 e. The first-order valence-electron chi connectivity index (χ1n) is 10.3. The number of fused-ring (bicyclic) bond motifs is 1. The third-order valence-electron chi connectivity index (χ3n) is 5.53. The second-order valence-electron chi connectivity index (χ2n) is 7.60. The van der Waals surface area contributed by atoms with Crippen molar-refractivity contribution in [3.8, 4) is 5.75 Å². The Kier molecular flexibility index (Phi) is 6.01. The lowest BCUT2D eigenvalue weighted by Crippen LogP contribution is -2.38. The molecule has 1 aliphatic heterocycles. The van der Waals surface area contributed by atoms with Gasteiger partial charge in [-0.15, -0.1) is 0 Å². The average molecular weight is 422 g/mol. The number of hydrogen-bond acceptors (Lipinski definition) is 6. The predicted octanol–water partition coefficient (Wildman–Crippen LogP) is 2.03. The van der Waals surface area contributed by atoms with Crippen molar-refractivity contribution in [1.82, 2.24) is 25.4 Å². The molecule has 1 aromatic carbocycles. The number of para-hydroxylation sites is 1. The fourth-order valence-electron chi connectivity index (χ4n) is 3.85. The normalized spacial score (nSPS) is 15.8. The van der Waals surface area contributed by atoms with Crippen molar-refractivity contribution in [2.75, 3.05) is 32.1 Å². The van der Waals surface area contributed by atoms with Crippen LogP contribution in [0.25, 0.3) is 11.0 Å². The van der Waals surface area contributed by atoms with Crippen LogP contribution in [0, 0.1) is 0 Å². The van der Waals surface area contributed by atoms with Gasteiger partial charge in [0.15, 0.2) is 11.5 Å². The Morgan fingerprint density at radius 2 is 2.10 bits per heavy atom. The van der Waals surface area contributed by atoms with Gasteiger partial charge in [-0.25, -0.2) is 4.98 Å². The van der Waals surface area contributed by atoms with Crippen molar-refractivity contribution in [2.24, 2.45) is 0 Å². The number of H-pyrrole nitrogens is 1. The molecular weight excluding hydrogens is 396 g/mol. The molecule has 3 N–H and O–H groups in total. The molecule has 31 heavy (non-hydrogen) atoms. The number of rotatable bonds is 7. The van der Waals surface area contributed by atoms with Crippen molar-refractivity contribution in [3.05, 3.63) is 47.7 Å². The summed E-state index contributed by atoms with van der Waals surface area (Å²) >= 11 is 0. The van der Waals surface area contributed by atoms with Gasteiger partial charge in [0.1, 0.15) is 5.75 Å². The van der Waals surface area contributed by atoms with Gasteiger partial charge < -0.3 is 20.3 Å². The lowest BCUT2D eigenvalue weighted by atomic mass is 10.0. The smallest absolute Gasteiger partial charge is 0.241 e. The van der Waals surface area contributed by atoms with Crippen molar-refractivity contribution < 1.29 is 14.3 Å². The third kappa shape index (κ3) is 4.60. The van der Waals surface area contributed by atoms with Gasteiger partial charge in [-0.05, 0) is 24.6 Å². The molecule has 0 spiro atoms. The molecule has 3 heterocycles. The van der Waals surface area contributed by atoms with Crippen molar-refractivity contribution in [1.29, 1.82) is 0 Å². The quantitative estimate of drug-likeness (QED) is 0.537. The van der Waals surface area contributed by atoms with Gasteiger partial charge in [0, 0.05) is 43.7 Å². The van der Waals surface area contributed by atoms with Gasteiger partial charge in [0.05, 0.1) is 19.0 Å². The zero-order valence-corrected chi connectivity index (χ0v) is 17.6. The lowest BCUT2D eigenvalue weighted by molar-refractivity contribution is -0.131. The first-order valence-corrected chi connectivity index (χ1v) is 10.3. The van der Waals surface area contributed by atoms with E-state index in [1.807, 2.05) is 36.4 Å². The standard InChI is InChI=1S/C22H26N6O3/c1-14(29)23-12-20(30)28-10-9-16(13-28)18-8-7-17-21(26-27-22(17)25-18)24-11-15-5-3-4-6-19(15)31-2/h3-8,16H,9-13H2,1-2H3,(H,23,29)(H2,24,25,26,27)/t16-/m0/s1. The molecule has 4 rings (SSSR count).